The van der Waals surface area contributed by atoms with Crippen molar-refractivity contribution in [2.45, 2.75) is 19.9 Å². The average molecular weight is 480 g/mol. The lowest BCUT2D eigenvalue weighted by Gasteiger charge is -2.10. The van der Waals surface area contributed by atoms with Gasteiger partial charge in [0.25, 0.3) is 5.91 Å². The Morgan fingerprint density at radius 2 is 1.81 bits per heavy atom. The van der Waals surface area contributed by atoms with Gasteiger partial charge in [-0.05, 0) is 48.7 Å². The zero-order chi connectivity index (χ0) is 25.5. The van der Waals surface area contributed by atoms with Crippen LogP contribution in [0.1, 0.15) is 22.3 Å². The number of amides is 1. The molecule has 0 unspecified atom stereocenters. The highest BCUT2D eigenvalue weighted by Crippen LogP contribution is 2.28. The summed E-state index contributed by atoms with van der Waals surface area (Å²) in [6.45, 7) is 3.17. The summed E-state index contributed by atoms with van der Waals surface area (Å²) in [5.41, 5.74) is 5.36. The van der Waals surface area contributed by atoms with Gasteiger partial charge in [-0.1, -0.05) is 54.1 Å². The van der Waals surface area contributed by atoms with Gasteiger partial charge >= 0.3 is 0 Å². The predicted octanol–water partition coefficient (Wildman–Crippen LogP) is 5.28. The summed E-state index contributed by atoms with van der Waals surface area (Å²) >= 11 is 0. The summed E-state index contributed by atoms with van der Waals surface area (Å²) in [7, 11) is 3.18. The zero-order valence-corrected chi connectivity index (χ0v) is 20.7. The Morgan fingerprint density at radius 3 is 2.56 bits per heavy atom. The largest absolute Gasteiger partial charge is 0.493 e. The summed E-state index contributed by atoms with van der Waals surface area (Å²) < 4.78 is 12.8. The zero-order valence-electron chi connectivity index (χ0n) is 20.7. The fourth-order valence-corrected chi connectivity index (χ4v) is 4.28. The number of methoxy groups -OCH3 is 2. The first-order chi connectivity index (χ1) is 17.5. The minimum atomic E-state index is -0.395. The van der Waals surface area contributed by atoms with Crippen molar-refractivity contribution in [3.63, 3.8) is 0 Å². The van der Waals surface area contributed by atoms with E-state index in [0.717, 1.165) is 22.0 Å². The minimum Gasteiger partial charge on any atom is -0.493 e. The molecule has 0 aliphatic carbocycles. The van der Waals surface area contributed by atoms with Crippen molar-refractivity contribution in [2.24, 2.45) is 0 Å². The van der Waals surface area contributed by atoms with Crippen molar-refractivity contribution in [3.8, 4) is 17.6 Å². The van der Waals surface area contributed by atoms with E-state index in [9.17, 15) is 10.1 Å². The molecule has 1 aromatic heterocycles. The number of benzene rings is 3. The number of fused-ring (bicyclic) bond motifs is 1. The molecule has 0 atom stereocenters. The number of aryl methyl sites for hydroxylation is 1. The molecule has 6 heteroatoms. The summed E-state index contributed by atoms with van der Waals surface area (Å²) in [4.78, 5) is 12.8. The van der Waals surface area contributed by atoms with Crippen LogP contribution in [0, 0.1) is 18.3 Å². The Hall–Kier alpha value is -4.50. The molecule has 0 spiro atoms. The molecule has 0 saturated heterocycles. The van der Waals surface area contributed by atoms with Crippen LogP contribution < -0.4 is 14.8 Å². The van der Waals surface area contributed by atoms with Crippen LogP contribution in [0.5, 0.6) is 11.5 Å². The van der Waals surface area contributed by atoms with Crippen LogP contribution in [-0.4, -0.2) is 31.2 Å². The fraction of sp³-hybridized carbons (Fsp3) is 0.200. The van der Waals surface area contributed by atoms with Crippen molar-refractivity contribution in [2.75, 3.05) is 20.8 Å². The van der Waals surface area contributed by atoms with Crippen LogP contribution >= 0.6 is 0 Å². The van der Waals surface area contributed by atoms with Gasteiger partial charge in [0.05, 0.1) is 14.2 Å². The molecule has 4 aromatic rings. The van der Waals surface area contributed by atoms with Gasteiger partial charge < -0.3 is 19.4 Å². The maximum atomic E-state index is 12.8. The van der Waals surface area contributed by atoms with Gasteiger partial charge in [-0.15, -0.1) is 0 Å². The van der Waals surface area contributed by atoms with E-state index in [1.807, 2.05) is 42.6 Å². The minimum absolute atomic E-state index is 0.0702. The Kier molecular flexibility index (Phi) is 7.72. The summed E-state index contributed by atoms with van der Waals surface area (Å²) in [5, 5.41) is 13.6. The van der Waals surface area contributed by atoms with Gasteiger partial charge in [-0.2, -0.15) is 5.26 Å². The SMILES string of the molecule is COc1ccc(CCNC(=O)C(C#N)=Cc2cn(Cc3cccc(C)c3)c3ccccc23)cc1OC. The second-order valence-electron chi connectivity index (χ2n) is 8.58. The number of nitrogens with zero attached hydrogens (tertiary/aromatic N) is 2. The van der Waals surface area contributed by atoms with Crippen molar-refractivity contribution < 1.29 is 14.3 Å². The average Bonchev–Trinajstić information content (AvgIpc) is 3.24. The number of hydrogen-bond donors (Lipinski definition) is 1. The van der Waals surface area contributed by atoms with Crippen LogP contribution in [0.3, 0.4) is 0 Å². The highest BCUT2D eigenvalue weighted by atomic mass is 16.5. The topological polar surface area (TPSA) is 76.3 Å². The summed E-state index contributed by atoms with van der Waals surface area (Å²) in [5.74, 6) is 0.899. The predicted molar refractivity (Wildman–Crippen MR) is 142 cm³/mol. The smallest absolute Gasteiger partial charge is 0.261 e. The molecule has 36 heavy (non-hydrogen) atoms. The number of carbonyl (C=O) groups is 1. The van der Waals surface area contributed by atoms with E-state index in [1.54, 1.807) is 20.3 Å². The standard InChI is InChI=1S/C30H29N3O3/c1-21-7-6-8-23(15-21)19-33-20-25(26-9-4-5-10-27(26)33)17-24(18-31)30(34)32-14-13-22-11-12-28(35-2)29(16-22)36-3/h4-12,15-17,20H,13-14,19H2,1-3H3,(H,32,34). The van der Waals surface area contributed by atoms with E-state index in [0.29, 0.717) is 31.0 Å². The molecule has 4 rings (SSSR count). The van der Waals surface area contributed by atoms with Crippen LogP contribution in [0.4, 0.5) is 0 Å². The summed E-state index contributed by atoms with van der Waals surface area (Å²) in [6.07, 6.45) is 4.27. The highest BCUT2D eigenvalue weighted by Gasteiger charge is 2.13. The van der Waals surface area contributed by atoms with E-state index < -0.39 is 5.91 Å². The lowest BCUT2D eigenvalue weighted by atomic mass is 10.1. The molecule has 1 heterocycles. The van der Waals surface area contributed by atoms with Gasteiger partial charge in [-0.3, -0.25) is 4.79 Å². The Labute approximate surface area is 211 Å². The number of carbonyl (C=O) groups excluding carboxylic acids is 1. The van der Waals surface area contributed by atoms with E-state index in [1.165, 1.54) is 11.1 Å². The first kappa shape index (κ1) is 24.6. The second-order valence-corrected chi connectivity index (χ2v) is 8.58. The maximum Gasteiger partial charge on any atom is 0.261 e. The van der Waals surface area contributed by atoms with Gasteiger partial charge in [0.15, 0.2) is 11.5 Å². The van der Waals surface area contributed by atoms with Crippen molar-refractivity contribution in [1.29, 1.82) is 5.26 Å². The highest BCUT2D eigenvalue weighted by molar-refractivity contribution is 6.04. The Balaban J connectivity index is 1.51. The van der Waals surface area contributed by atoms with Gasteiger partial charge in [0.2, 0.25) is 0 Å². The third-order valence-corrected chi connectivity index (χ3v) is 6.07. The third kappa shape index (κ3) is 5.59. The molecular formula is C30H29N3O3. The molecule has 182 valence electrons. The monoisotopic (exact) mass is 479 g/mol. The Morgan fingerprint density at radius 1 is 1.00 bits per heavy atom. The van der Waals surface area contributed by atoms with Crippen molar-refractivity contribution in [3.05, 3.63) is 101 Å². The number of para-hydroxylation sites is 1. The number of nitrogens with one attached hydrogen (secondary N) is 1. The molecule has 0 radical (unpaired) electrons. The first-order valence-electron chi connectivity index (χ1n) is 11.8. The van der Waals surface area contributed by atoms with E-state index >= 15 is 0 Å². The number of aromatic nitrogens is 1. The fourth-order valence-electron chi connectivity index (χ4n) is 4.28. The molecule has 0 aliphatic rings. The maximum absolute atomic E-state index is 12.8. The van der Waals surface area contributed by atoms with Crippen LogP contribution in [0.25, 0.3) is 17.0 Å². The quantitative estimate of drug-likeness (QED) is 0.262. The van der Waals surface area contributed by atoms with Crippen molar-refractivity contribution >= 4 is 22.9 Å². The van der Waals surface area contributed by atoms with Gasteiger partial charge in [0.1, 0.15) is 11.6 Å². The van der Waals surface area contributed by atoms with E-state index in [4.69, 9.17) is 9.47 Å². The second kappa shape index (κ2) is 11.3. The Bertz CT molecular complexity index is 1460. The molecule has 3 aromatic carbocycles. The van der Waals surface area contributed by atoms with Crippen molar-refractivity contribution in [1.82, 2.24) is 9.88 Å². The molecule has 1 amide bonds. The van der Waals surface area contributed by atoms with E-state index in [-0.39, 0.29) is 5.57 Å². The third-order valence-electron chi connectivity index (χ3n) is 6.07. The summed E-state index contributed by atoms with van der Waals surface area (Å²) in [6, 6.07) is 24.1. The molecule has 1 N–H and O–H groups in total. The number of rotatable bonds is 9. The number of ether oxygens (including phenoxy) is 2. The molecular weight excluding hydrogens is 450 g/mol. The van der Waals surface area contributed by atoms with Crippen LogP contribution in [0.2, 0.25) is 0 Å². The molecule has 0 saturated carbocycles. The van der Waals surface area contributed by atoms with Crippen LogP contribution in [-0.2, 0) is 17.8 Å². The van der Waals surface area contributed by atoms with Crippen LogP contribution in [0.15, 0.2) is 78.5 Å². The number of nitriles is 1. The van der Waals surface area contributed by atoms with E-state index in [2.05, 4.69) is 53.2 Å². The van der Waals surface area contributed by atoms with Gasteiger partial charge in [-0.25, -0.2) is 0 Å². The van der Waals surface area contributed by atoms with Gasteiger partial charge in [0, 0.05) is 35.8 Å². The lowest BCUT2D eigenvalue weighted by Crippen LogP contribution is -2.26. The molecule has 0 aliphatic heterocycles. The number of hydrogen-bond acceptors (Lipinski definition) is 4. The molecule has 6 nitrogen and oxygen atoms in total. The normalized spacial score (nSPS) is 11.2. The lowest BCUT2D eigenvalue weighted by molar-refractivity contribution is -0.117. The molecule has 0 fully saturated rings. The first-order valence-corrected chi connectivity index (χ1v) is 11.8. The molecule has 0 bridgehead atoms.